The lowest BCUT2D eigenvalue weighted by atomic mass is 10.3. The molecule has 2 rings (SSSR count). The van der Waals surface area contributed by atoms with E-state index in [0.29, 0.717) is 21.0 Å². The Morgan fingerprint density at radius 3 is 2.62 bits per heavy atom. The van der Waals surface area contributed by atoms with Crippen LogP contribution < -0.4 is 9.46 Å². The monoisotopic (exact) mass is 390 g/mol. The highest BCUT2D eigenvalue weighted by molar-refractivity contribution is 9.10. The molecule has 0 aliphatic heterocycles. The summed E-state index contributed by atoms with van der Waals surface area (Å²) in [6.07, 6.45) is 0. The van der Waals surface area contributed by atoms with Gasteiger partial charge in [0.25, 0.3) is 10.0 Å². The van der Waals surface area contributed by atoms with Gasteiger partial charge in [-0.25, -0.2) is 13.4 Å². The van der Waals surface area contributed by atoms with Crippen LogP contribution in [-0.2, 0) is 10.0 Å². The summed E-state index contributed by atoms with van der Waals surface area (Å²) in [6.45, 7) is 1.71. The van der Waals surface area contributed by atoms with Gasteiger partial charge in [-0.15, -0.1) is 0 Å². The molecular formula is C13H12BrClN2O3S. The van der Waals surface area contributed by atoms with Crippen molar-refractivity contribution in [2.24, 2.45) is 0 Å². The third-order valence-electron chi connectivity index (χ3n) is 2.71. The van der Waals surface area contributed by atoms with Crippen molar-refractivity contribution >= 4 is 43.2 Å². The lowest BCUT2D eigenvalue weighted by Crippen LogP contribution is -2.15. The summed E-state index contributed by atoms with van der Waals surface area (Å²) in [7, 11) is -2.41. The summed E-state index contributed by atoms with van der Waals surface area (Å²) in [4.78, 5) is 4.16. The highest BCUT2D eigenvalue weighted by atomic mass is 79.9. The molecule has 0 fully saturated rings. The van der Waals surface area contributed by atoms with E-state index < -0.39 is 10.0 Å². The Bertz CT molecular complexity index is 781. The van der Waals surface area contributed by atoms with Gasteiger partial charge in [0.2, 0.25) is 0 Å². The molecule has 0 atom stereocenters. The predicted octanol–water partition coefficient (Wildman–Crippen LogP) is 3.62. The molecule has 8 heteroatoms. The summed E-state index contributed by atoms with van der Waals surface area (Å²) in [5.41, 5.74) is 0.955. The van der Waals surface area contributed by atoms with E-state index in [1.807, 2.05) is 0 Å². The minimum absolute atomic E-state index is 0.0109. The van der Waals surface area contributed by atoms with Crippen LogP contribution >= 0.6 is 27.5 Å². The zero-order valence-electron chi connectivity index (χ0n) is 11.2. The molecule has 0 aliphatic rings. The molecule has 0 bridgehead atoms. The van der Waals surface area contributed by atoms with Crippen molar-refractivity contribution in [1.82, 2.24) is 4.98 Å². The standard InChI is InChI=1S/C13H12BrClN2O3S/c1-8-10(4-6-13(14)16-8)17-21(18,19)12-5-3-9(15)7-11(12)20-2/h3-7,17H,1-2H3. The quantitative estimate of drug-likeness (QED) is 0.808. The maximum Gasteiger partial charge on any atom is 0.265 e. The van der Waals surface area contributed by atoms with E-state index in [2.05, 4.69) is 25.6 Å². The molecule has 0 spiro atoms. The molecule has 1 N–H and O–H groups in total. The van der Waals surface area contributed by atoms with Gasteiger partial charge in [-0.05, 0) is 47.1 Å². The van der Waals surface area contributed by atoms with Crippen LogP contribution in [0.1, 0.15) is 5.69 Å². The molecule has 0 aliphatic carbocycles. The van der Waals surface area contributed by atoms with Crippen molar-refractivity contribution < 1.29 is 13.2 Å². The molecule has 1 heterocycles. The zero-order chi connectivity index (χ0) is 15.6. The Balaban J connectivity index is 2.43. The number of anilines is 1. The smallest absolute Gasteiger partial charge is 0.265 e. The lowest BCUT2D eigenvalue weighted by Gasteiger charge is -2.13. The fraction of sp³-hybridized carbons (Fsp3) is 0.154. The Morgan fingerprint density at radius 1 is 1.29 bits per heavy atom. The van der Waals surface area contributed by atoms with Gasteiger partial charge in [0.15, 0.2) is 0 Å². The Labute approximate surface area is 136 Å². The number of benzene rings is 1. The van der Waals surface area contributed by atoms with Crippen molar-refractivity contribution in [3.63, 3.8) is 0 Å². The van der Waals surface area contributed by atoms with Gasteiger partial charge >= 0.3 is 0 Å². The molecular weight excluding hydrogens is 380 g/mol. The van der Waals surface area contributed by atoms with E-state index >= 15 is 0 Å². The largest absolute Gasteiger partial charge is 0.495 e. The lowest BCUT2D eigenvalue weighted by molar-refractivity contribution is 0.403. The summed E-state index contributed by atoms with van der Waals surface area (Å²) < 4.78 is 33.1. The van der Waals surface area contributed by atoms with Crippen LogP contribution in [0.25, 0.3) is 0 Å². The van der Waals surface area contributed by atoms with Gasteiger partial charge in [0.1, 0.15) is 15.2 Å². The number of aromatic nitrogens is 1. The maximum absolute atomic E-state index is 12.5. The van der Waals surface area contributed by atoms with Gasteiger partial charge < -0.3 is 4.74 Å². The van der Waals surface area contributed by atoms with Gasteiger partial charge in [-0.1, -0.05) is 11.6 Å². The fourth-order valence-corrected chi connectivity index (χ4v) is 3.53. The van der Waals surface area contributed by atoms with Crippen molar-refractivity contribution in [2.45, 2.75) is 11.8 Å². The Morgan fingerprint density at radius 2 is 2.00 bits per heavy atom. The summed E-state index contributed by atoms with van der Waals surface area (Å²) in [5, 5.41) is 0.396. The van der Waals surface area contributed by atoms with Crippen molar-refractivity contribution in [1.29, 1.82) is 0 Å². The van der Waals surface area contributed by atoms with E-state index in [-0.39, 0.29) is 10.6 Å². The Kier molecular flexibility index (Phi) is 4.75. The van der Waals surface area contributed by atoms with E-state index in [4.69, 9.17) is 16.3 Å². The number of pyridine rings is 1. The fourth-order valence-electron chi connectivity index (χ4n) is 1.70. The SMILES string of the molecule is COc1cc(Cl)ccc1S(=O)(=O)Nc1ccc(Br)nc1C. The Hall–Kier alpha value is -1.31. The minimum atomic E-state index is -3.80. The van der Waals surface area contributed by atoms with Crippen LogP contribution in [0.3, 0.4) is 0 Å². The van der Waals surface area contributed by atoms with Crippen LogP contribution in [0, 0.1) is 6.92 Å². The van der Waals surface area contributed by atoms with Crippen molar-refractivity contribution in [3.05, 3.63) is 45.7 Å². The molecule has 0 saturated carbocycles. The van der Waals surface area contributed by atoms with Gasteiger partial charge in [-0.3, -0.25) is 4.72 Å². The average molecular weight is 392 g/mol. The van der Waals surface area contributed by atoms with Gasteiger partial charge in [0.05, 0.1) is 18.5 Å². The second-order valence-corrected chi connectivity index (χ2v) is 7.07. The highest BCUT2D eigenvalue weighted by Crippen LogP contribution is 2.29. The molecule has 21 heavy (non-hydrogen) atoms. The molecule has 5 nitrogen and oxygen atoms in total. The van der Waals surface area contributed by atoms with E-state index in [0.717, 1.165) is 0 Å². The number of halogens is 2. The number of sulfonamides is 1. The predicted molar refractivity (Wildman–Crippen MR) is 85.5 cm³/mol. The second kappa shape index (κ2) is 6.21. The number of ether oxygens (including phenoxy) is 1. The topological polar surface area (TPSA) is 68.3 Å². The van der Waals surface area contributed by atoms with E-state index in [1.54, 1.807) is 19.1 Å². The molecule has 0 radical (unpaired) electrons. The third-order valence-corrected chi connectivity index (χ3v) is 4.79. The average Bonchev–Trinajstić information content (AvgIpc) is 2.41. The molecule has 1 aromatic heterocycles. The molecule has 2 aromatic rings. The first kappa shape index (κ1) is 16.1. The van der Waals surface area contributed by atoms with Gasteiger partial charge in [-0.2, -0.15) is 0 Å². The summed E-state index contributed by atoms with van der Waals surface area (Å²) >= 11 is 9.07. The molecule has 0 amide bonds. The van der Waals surface area contributed by atoms with Crippen LogP contribution in [0.2, 0.25) is 5.02 Å². The number of hydrogen-bond acceptors (Lipinski definition) is 4. The normalized spacial score (nSPS) is 11.2. The molecule has 1 aromatic carbocycles. The van der Waals surface area contributed by atoms with Crippen LogP contribution in [0.5, 0.6) is 5.75 Å². The number of nitrogens with zero attached hydrogens (tertiary/aromatic N) is 1. The van der Waals surface area contributed by atoms with E-state index in [1.165, 1.54) is 25.3 Å². The number of methoxy groups -OCH3 is 1. The van der Waals surface area contributed by atoms with Crippen molar-refractivity contribution in [3.8, 4) is 5.75 Å². The number of aryl methyl sites for hydroxylation is 1. The van der Waals surface area contributed by atoms with Gasteiger partial charge in [0, 0.05) is 11.1 Å². The maximum atomic E-state index is 12.5. The number of hydrogen-bond donors (Lipinski definition) is 1. The number of nitrogens with one attached hydrogen (secondary N) is 1. The van der Waals surface area contributed by atoms with Crippen LogP contribution in [0.15, 0.2) is 39.8 Å². The second-order valence-electron chi connectivity index (χ2n) is 4.17. The first-order chi connectivity index (χ1) is 9.83. The molecule has 0 saturated heterocycles. The zero-order valence-corrected chi connectivity index (χ0v) is 14.4. The van der Waals surface area contributed by atoms with Crippen molar-refractivity contribution in [2.75, 3.05) is 11.8 Å². The van der Waals surface area contributed by atoms with Crippen LogP contribution in [-0.4, -0.2) is 20.5 Å². The minimum Gasteiger partial charge on any atom is -0.495 e. The first-order valence-electron chi connectivity index (χ1n) is 5.83. The first-order valence-corrected chi connectivity index (χ1v) is 8.48. The molecule has 112 valence electrons. The number of rotatable bonds is 4. The van der Waals surface area contributed by atoms with E-state index in [9.17, 15) is 8.42 Å². The summed E-state index contributed by atoms with van der Waals surface area (Å²) in [6, 6.07) is 7.62. The highest BCUT2D eigenvalue weighted by Gasteiger charge is 2.20. The van der Waals surface area contributed by atoms with Crippen LogP contribution in [0.4, 0.5) is 5.69 Å². The molecule has 0 unspecified atom stereocenters. The summed E-state index contributed by atoms with van der Waals surface area (Å²) in [5.74, 6) is 0.178. The third kappa shape index (κ3) is 3.66.